The third-order valence-corrected chi connectivity index (χ3v) is 8.62. The Morgan fingerprint density at radius 1 is 1.05 bits per heavy atom. The van der Waals surface area contributed by atoms with Gasteiger partial charge in [0.05, 0.1) is 24.2 Å². The zero-order valence-corrected chi connectivity index (χ0v) is 23.1. The van der Waals surface area contributed by atoms with Crippen LogP contribution in [-0.4, -0.2) is 69.7 Å². The number of halogens is 1. The second kappa shape index (κ2) is 12.0. The van der Waals surface area contributed by atoms with Crippen LogP contribution in [-0.2, 0) is 16.1 Å². The zero-order chi connectivity index (χ0) is 26.6. The van der Waals surface area contributed by atoms with Crippen molar-refractivity contribution in [3.05, 3.63) is 63.8 Å². The molecule has 0 N–H and O–H groups in total. The topological polar surface area (TPSA) is 72.6 Å². The van der Waals surface area contributed by atoms with Crippen LogP contribution in [0, 0.1) is 5.92 Å². The van der Waals surface area contributed by atoms with Gasteiger partial charge in [0.25, 0.3) is 0 Å². The molecular weight excluding hydrogens is 502 g/mol. The number of fused-ring (bicyclic) bond motifs is 1. The van der Waals surface area contributed by atoms with E-state index >= 15 is 0 Å². The van der Waals surface area contributed by atoms with Gasteiger partial charge in [0, 0.05) is 55.6 Å². The molecule has 0 bridgehead atoms. The highest BCUT2D eigenvalue weighted by Crippen LogP contribution is 2.32. The van der Waals surface area contributed by atoms with Gasteiger partial charge in [-0.15, -0.1) is 0 Å². The molecule has 8 nitrogen and oxygen atoms in total. The lowest BCUT2D eigenvalue weighted by Crippen LogP contribution is -2.46. The molecule has 0 radical (unpaired) electrons. The number of pyridine rings is 1. The maximum Gasteiger partial charge on any atom is 0.329 e. The van der Waals surface area contributed by atoms with Gasteiger partial charge in [0.15, 0.2) is 0 Å². The quantitative estimate of drug-likeness (QED) is 0.421. The summed E-state index contributed by atoms with van der Waals surface area (Å²) in [6, 6.07) is 10.3. The number of aromatic nitrogens is 3. The third kappa shape index (κ3) is 5.40. The van der Waals surface area contributed by atoms with Gasteiger partial charge in [0.2, 0.25) is 5.91 Å². The predicted octanol–water partition coefficient (Wildman–Crippen LogP) is 4.52. The molecule has 9 heteroatoms. The van der Waals surface area contributed by atoms with Gasteiger partial charge in [-0.1, -0.05) is 18.5 Å². The molecule has 1 unspecified atom stereocenters. The normalized spacial score (nSPS) is 18.8. The molecular formula is C29H38ClN5O3. The second-order valence-electron chi connectivity index (χ2n) is 10.5. The number of hydrogen-bond acceptors (Lipinski definition) is 5. The van der Waals surface area contributed by atoms with Crippen LogP contribution in [0.5, 0.6) is 0 Å². The highest BCUT2D eigenvalue weighted by molar-refractivity contribution is 6.31. The molecule has 0 aliphatic carbocycles. The molecule has 2 fully saturated rings. The van der Waals surface area contributed by atoms with Crippen LogP contribution in [0.3, 0.4) is 0 Å². The number of methoxy groups -OCH3 is 1. The maximum atomic E-state index is 13.4. The van der Waals surface area contributed by atoms with Crippen molar-refractivity contribution in [2.24, 2.45) is 5.92 Å². The van der Waals surface area contributed by atoms with E-state index in [1.54, 1.807) is 11.7 Å². The summed E-state index contributed by atoms with van der Waals surface area (Å²) >= 11 is 6.26. The number of likely N-dealkylation sites (tertiary alicyclic amines) is 2. The van der Waals surface area contributed by atoms with E-state index in [1.165, 1.54) is 5.56 Å². The number of ether oxygens (including phenoxy) is 1. The number of carbonyl (C=O) groups is 1. The van der Waals surface area contributed by atoms with Crippen LogP contribution in [0.1, 0.15) is 56.7 Å². The van der Waals surface area contributed by atoms with Crippen molar-refractivity contribution in [1.82, 2.24) is 23.9 Å². The Bertz CT molecular complexity index is 1290. The number of amides is 1. The van der Waals surface area contributed by atoms with E-state index in [0.29, 0.717) is 37.3 Å². The van der Waals surface area contributed by atoms with Crippen LogP contribution < -0.4 is 5.69 Å². The SMILES string of the molecule is CCC(c1ccncc1)N1CCC(C(=O)N2CCC(n3c(=O)n(CCOC)c4cc(Cl)ccc43)CC2)CC1. The van der Waals surface area contributed by atoms with Crippen molar-refractivity contribution in [3.8, 4) is 0 Å². The summed E-state index contributed by atoms with van der Waals surface area (Å²) in [5, 5.41) is 0.610. The van der Waals surface area contributed by atoms with Crippen molar-refractivity contribution in [2.75, 3.05) is 39.9 Å². The summed E-state index contributed by atoms with van der Waals surface area (Å²) in [7, 11) is 1.64. The van der Waals surface area contributed by atoms with Crippen LogP contribution in [0.25, 0.3) is 11.0 Å². The standard InChI is InChI=1S/C29H38ClN5O3/c1-3-25(21-6-12-31-13-7-21)32-14-8-22(9-15-32)28(36)33-16-10-24(11-17-33)35-26-5-4-23(30)20-27(26)34(29(35)37)18-19-38-2/h4-7,12-13,20,22,24-25H,3,8-11,14-19H2,1-2H3. The minimum Gasteiger partial charge on any atom is -0.383 e. The molecule has 2 aromatic heterocycles. The number of hydrogen-bond donors (Lipinski definition) is 0. The van der Waals surface area contributed by atoms with E-state index < -0.39 is 0 Å². The Labute approximate surface area is 229 Å². The lowest BCUT2D eigenvalue weighted by molar-refractivity contribution is -0.138. The van der Waals surface area contributed by atoms with Crippen molar-refractivity contribution in [1.29, 1.82) is 0 Å². The molecule has 0 saturated carbocycles. The highest BCUT2D eigenvalue weighted by atomic mass is 35.5. The van der Waals surface area contributed by atoms with E-state index in [9.17, 15) is 9.59 Å². The summed E-state index contributed by atoms with van der Waals surface area (Å²) in [6.45, 7) is 6.40. The Kier molecular flexibility index (Phi) is 8.51. The number of piperidine rings is 2. The molecule has 2 aliphatic rings. The van der Waals surface area contributed by atoms with E-state index in [0.717, 1.165) is 56.2 Å². The number of benzene rings is 1. The molecule has 204 valence electrons. The average Bonchev–Trinajstić information content (AvgIpc) is 3.23. The van der Waals surface area contributed by atoms with Gasteiger partial charge < -0.3 is 9.64 Å². The third-order valence-electron chi connectivity index (χ3n) is 8.38. The fourth-order valence-electron chi connectivity index (χ4n) is 6.36. The van der Waals surface area contributed by atoms with Gasteiger partial charge in [-0.05, 0) is 81.1 Å². The first kappa shape index (κ1) is 26.9. The molecule has 2 saturated heterocycles. The molecule has 1 amide bonds. The first-order valence-electron chi connectivity index (χ1n) is 13.8. The zero-order valence-electron chi connectivity index (χ0n) is 22.4. The van der Waals surface area contributed by atoms with Gasteiger partial charge in [-0.2, -0.15) is 0 Å². The summed E-state index contributed by atoms with van der Waals surface area (Å²) in [4.78, 5) is 35.6. The molecule has 38 heavy (non-hydrogen) atoms. The number of carbonyl (C=O) groups excluding carboxylic acids is 1. The molecule has 1 aromatic carbocycles. The summed E-state index contributed by atoms with van der Waals surface area (Å²) < 4.78 is 8.89. The number of imidazole rings is 1. The predicted molar refractivity (Wildman–Crippen MR) is 150 cm³/mol. The molecule has 3 aromatic rings. The van der Waals surface area contributed by atoms with Gasteiger partial charge >= 0.3 is 5.69 Å². The van der Waals surface area contributed by atoms with Gasteiger partial charge in [-0.3, -0.25) is 23.8 Å². The van der Waals surface area contributed by atoms with Gasteiger partial charge in [0.1, 0.15) is 0 Å². The van der Waals surface area contributed by atoms with Crippen LogP contribution in [0.4, 0.5) is 0 Å². The average molecular weight is 540 g/mol. The highest BCUT2D eigenvalue weighted by Gasteiger charge is 2.34. The van der Waals surface area contributed by atoms with Crippen molar-refractivity contribution < 1.29 is 9.53 Å². The Balaban J connectivity index is 1.21. The number of nitrogens with zero attached hydrogens (tertiary/aromatic N) is 5. The smallest absolute Gasteiger partial charge is 0.329 e. The molecule has 1 atom stereocenters. The first-order chi connectivity index (χ1) is 18.5. The van der Waals surface area contributed by atoms with Crippen molar-refractivity contribution in [3.63, 3.8) is 0 Å². The summed E-state index contributed by atoms with van der Waals surface area (Å²) in [5.74, 6) is 0.361. The Morgan fingerprint density at radius 3 is 2.42 bits per heavy atom. The minimum atomic E-state index is -0.0314. The molecule has 4 heterocycles. The second-order valence-corrected chi connectivity index (χ2v) is 10.9. The molecule has 0 spiro atoms. The van der Waals surface area contributed by atoms with E-state index in [1.807, 2.05) is 40.1 Å². The van der Waals surface area contributed by atoms with E-state index in [2.05, 4.69) is 28.9 Å². The van der Waals surface area contributed by atoms with Crippen molar-refractivity contribution >= 4 is 28.5 Å². The van der Waals surface area contributed by atoms with Crippen molar-refractivity contribution in [2.45, 2.75) is 57.7 Å². The first-order valence-corrected chi connectivity index (χ1v) is 14.2. The molecule has 2 aliphatic heterocycles. The monoisotopic (exact) mass is 539 g/mol. The van der Waals surface area contributed by atoms with E-state index in [-0.39, 0.29) is 23.6 Å². The lowest BCUT2D eigenvalue weighted by atomic mass is 9.91. The fraction of sp³-hybridized carbons (Fsp3) is 0.552. The Hall–Kier alpha value is -2.68. The lowest BCUT2D eigenvalue weighted by Gasteiger charge is -2.40. The maximum absolute atomic E-state index is 13.4. The van der Waals surface area contributed by atoms with Crippen LogP contribution in [0.2, 0.25) is 5.02 Å². The van der Waals surface area contributed by atoms with Crippen LogP contribution in [0.15, 0.2) is 47.5 Å². The Morgan fingerprint density at radius 2 is 1.76 bits per heavy atom. The largest absolute Gasteiger partial charge is 0.383 e. The van der Waals surface area contributed by atoms with Crippen LogP contribution >= 0.6 is 11.6 Å². The molecule has 5 rings (SSSR count). The van der Waals surface area contributed by atoms with Gasteiger partial charge in [-0.25, -0.2) is 4.79 Å². The fourth-order valence-corrected chi connectivity index (χ4v) is 6.52. The summed E-state index contributed by atoms with van der Waals surface area (Å²) in [5.41, 5.74) is 3.00. The number of rotatable bonds is 8. The van der Waals surface area contributed by atoms with E-state index in [4.69, 9.17) is 16.3 Å². The minimum absolute atomic E-state index is 0.0314. The summed E-state index contributed by atoms with van der Waals surface area (Å²) in [6.07, 6.45) is 8.11.